The Labute approximate surface area is 175 Å². The average Bonchev–Trinajstić information content (AvgIpc) is 3.11. The number of nitrogens with zero attached hydrogens (tertiary/aromatic N) is 1. The van der Waals surface area contributed by atoms with Crippen LogP contribution in [-0.2, 0) is 11.0 Å². The van der Waals surface area contributed by atoms with E-state index in [9.17, 15) is 27.2 Å². The molecule has 0 saturated carbocycles. The van der Waals surface area contributed by atoms with Crippen molar-refractivity contribution in [2.45, 2.75) is 37.5 Å². The first-order chi connectivity index (χ1) is 14.1. The standard InChI is InChI=1S/C21H20F4N2O2S/c1-12(2)26-18(28)17-11-30-20(13-6-8-15(9-7-13)21(23,24)25)27(17)19(29)14-4-3-5-16(22)10-14/h3-10,12,17,20H,11H2,1-2H3,(H,26,28). The molecule has 1 fully saturated rings. The highest BCUT2D eigenvalue weighted by Gasteiger charge is 2.43. The smallest absolute Gasteiger partial charge is 0.352 e. The Morgan fingerprint density at radius 1 is 1.13 bits per heavy atom. The first-order valence-corrected chi connectivity index (χ1v) is 10.3. The summed E-state index contributed by atoms with van der Waals surface area (Å²) in [4.78, 5) is 27.2. The maximum atomic E-state index is 13.7. The van der Waals surface area contributed by atoms with Crippen LogP contribution < -0.4 is 5.32 Å². The van der Waals surface area contributed by atoms with E-state index in [0.717, 1.165) is 18.2 Å². The average molecular weight is 440 g/mol. The molecule has 1 aliphatic heterocycles. The summed E-state index contributed by atoms with van der Waals surface area (Å²) in [6.45, 7) is 3.57. The molecule has 2 unspecified atom stereocenters. The highest BCUT2D eigenvalue weighted by atomic mass is 32.2. The van der Waals surface area contributed by atoms with Crippen molar-refractivity contribution in [2.75, 3.05) is 5.75 Å². The van der Waals surface area contributed by atoms with Crippen LogP contribution in [0.5, 0.6) is 0 Å². The third-order valence-electron chi connectivity index (χ3n) is 4.56. The number of thioether (sulfide) groups is 1. The number of amides is 2. The molecule has 0 aromatic heterocycles. The van der Waals surface area contributed by atoms with Crippen LogP contribution in [-0.4, -0.2) is 34.6 Å². The van der Waals surface area contributed by atoms with Crippen molar-refractivity contribution < 1.29 is 27.2 Å². The summed E-state index contributed by atoms with van der Waals surface area (Å²) in [6, 6.07) is 8.62. The van der Waals surface area contributed by atoms with Crippen LogP contribution in [0.1, 0.15) is 40.7 Å². The van der Waals surface area contributed by atoms with E-state index < -0.39 is 34.9 Å². The normalized spacial score (nSPS) is 19.2. The molecule has 0 spiro atoms. The van der Waals surface area contributed by atoms with Gasteiger partial charge in [0.15, 0.2) is 0 Å². The van der Waals surface area contributed by atoms with E-state index in [1.807, 2.05) is 0 Å². The largest absolute Gasteiger partial charge is 0.416 e. The van der Waals surface area contributed by atoms with Crippen molar-refractivity contribution in [1.29, 1.82) is 0 Å². The first-order valence-electron chi connectivity index (χ1n) is 9.25. The number of nitrogens with one attached hydrogen (secondary N) is 1. The molecular formula is C21H20F4N2O2S. The van der Waals surface area contributed by atoms with Gasteiger partial charge in [-0.25, -0.2) is 4.39 Å². The number of hydrogen-bond donors (Lipinski definition) is 1. The van der Waals surface area contributed by atoms with Crippen LogP contribution >= 0.6 is 11.8 Å². The molecule has 1 aliphatic rings. The van der Waals surface area contributed by atoms with E-state index >= 15 is 0 Å². The quantitative estimate of drug-likeness (QED) is 0.706. The minimum absolute atomic E-state index is 0.0664. The molecule has 30 heavy (non-hydrogen) atoms. The number of hydrogen-bond acceptors (Lipinski definition) is 3. The van der Waals surface area contributed by atoms with E-state index in [1.165, 1.54) is 47.0 Å². The second-order valence-electron chi connectivity index (χ2n) is 7.21. The highest BCUT2D eigenvalue weighted by molar-refractivity contribution is 7.99. The fraction of sp³-hybridized carbons (Fsp3) is 0.333. The lowest BCUT2D eigenvalue weighted by molar-refractivity contribution is -0.137. The molecule has 0 aliphatic carbocycles. The van der Waals surface area contributed by atoms with Crippen LogP contribution in [0.15, 0.2) is 48.5 Å². The van der Waals surface area contributed by atoms with Crippen molar-refractivity contribution >= 4 is 23.6 Å². The van der Waals surface area contributed by atoms with Gasteiger partial charge in [0.2, 0.25) is 5.91 Å². The molecule has 1 heterocycles. The lowest BCUT2D eigenvalue weighted by Crippen LogP contribution is -2.49. The topological polar surface area (TPSA) is 49.4 Å². The van der Waals surface area contributed by atoms with Gasteiger partial charge >= 0.3 is 6.18 Å². The maximum Gasteiger partial charge on any atom is 0.416 e. The number of rotatable bonds is 4. The number of alkyl halides is 3. The second-order valence-corrected chi connectivity index (χ2v) is 8.32. The zero-order valence-electron chi connectivity index (χ0n) is 16.2. The molecule has 9 heteroatoms. The van der Waals surface area contributed by atoms with Crippen LogP contribution in [0, 0.1) is 5.82 Å². The van der Waals surface area contributed by atoms with Crippen LogP contribution in [0.4, 0.5) is 17.6 Å². The molecule has 2 atom stereocenters. The van der Waals surface area contributed by atoms with E-state index in [1.54, 1.807) is 13.8 Å². The van der Waals surface area contributed by atoms with Crippen molar-refractivity contribution in [2.24, 2.45) is 0 Å². The zero-order valence-corrected chi connectivity index (χ0v) is 17.1. The van der Waals surface area contributed by atoms with Gasteiger partial charge in [0.05, 0.1) is 5.56 Å². The van der Waals surface area contributed by atoms with Crippen molar-refractivity contribution in [3.63, 3.8) is 0 Å². The highest BCUT2D eigenvalue weighted by Crippen LogP contribution is 2.43. The van der Waals surface area contributed by atoms with Crippen LogP contribution in [0.25, 0.3) is 0 Å². The lowest BCUT2D eigenvalue weighted by atomic mass is 10.1. The fourth-order valence-electron chi connectivity index (χ4n) is 3.20. The SMILES string of the molecule is CC(C)NC(=O)C1CSC(c2ccc(C(F)(F)F)cc2)N1C(=O)c1cccc(F)c1. The minimum Gasteiger partial charge on any atom is -0.352 e. The van der Waals surface area contributed by atoms with E-state index in [2.05, 4.69) is 5.32 Å². The van der Waals surface area contributed by atoms with Crippen LogP contribution in [0.3, 0.4) is 0 Å². The van der Waals surface area contributed by atoms with E-state index in [4.69, 9.17) is 0 Å². The van der Waals surface area contributed by atoms with Gasteiger partial charge in [-0.1, -0.05) is 18.2 Å². The van der Waals surface area contributed by atoms with Gasteiger partial charge in [0.25, 0.3) is 5.91 Å². The predicted octanol–water partition coefficient (Wildman–Crippen LogP) is 4.63. The van der Waals surface area contributed by atoms with Gasteiger partial charge in [-0.05, 0) is 49.7 Å². The Bertz CT molecular complexity index is 931. The van der Waals surface area contributed by atoms with Crippen molar-refractivity contribution in [1.82, 2.24) is 10.2 Å². The number of carbonyl (C=O) groups is 2. The fourth-order valence-corrected chi connectivity index (χ4v) is 4.63. The molecule has 1 N–H and O–H groups in total. The molecule has 4 nitrogen and oxygen atoms in total. The second kappa shape index (κ2) is 8.67. The van der Waals surface area contributed by atoms with E-state index in [0.29, 0.717) is 5.56 Å². The molecule has 0 radical (unpaired) electrons. The Morgan fingerprint density at radius 3 is 2.37 bits per heavy atom. The monoisotopic (exact) mass is 440 g/mol. The number of carbonyl (C=O) groups excluding carboxylic acids is 2. The third-order valence-corrected chi connectivity index (χ3v) is 5.89. The summed E-state index contributed by atoms with van der Waals surface area (Å²) in [6.07, 6.45) is -4.47. The molecule has 2 aromatic rings. The molecule has 2 amide bonds. The molecule has 160 valence electrons. The summed E-state index contributed by atoms with van der Waals surface area (Å²) in [7, 11) is 0. The molecule has 3 rings (SSSR count). The van der Waals surface area contributed by atoms with Crippen LogP contribution in [0.2, 0.25) is 0 Å². The van der Waals surface area contributed by atoms with Gasteiger partial charge in [-0.15, -0.1) is 11.8 Å². The van der Waals surface area contributed by atoms with Gasteiger partial charge < -0.3 is 10.2 Å². The number of halogens is 4. The van der Waals surface area contributed by atoms with Crippen molar-refractivity contribution in [3.05, 3.63) is 71.0 Å². The first kappa shape index (κ1) is 22.1. The number of benzene rings is 2. The Hall–Kier alpha value is -2.55. The zero-order chi connectivity index (χ0) is 22.1. The Kier molecular flexibility index (Phi) is 6.40. The predicted molar refractivity (Wildman–Crippen MR) is 106 cm³/mol. The van der Waals surface area contributed by atoms with Gasteiger partial charge in [0.1, 0.15) is 17.2 Å². The Morgan fingerprint density at radius 2 is 1.80 bits per heavy atom. The summed E-state index contributed by atoms with van der Waals surface area (Å²) >= 11 is 1.28. The van der Waals surface area contributed by atoms with E-state index in [-0.39, 0.29) is 23.3 Å². The Balaban J connectivity index is 1.97. The molecule has 1 saturated heterocycles. The molecular weight excluding hydrogens is 420 g/mol. The van der Waals surface area contributed by atoms with Gasteiger partial charge in [0, 0.05) is 17.4 Å². The van der Waals surface area contributed by atoms with Gasteiger partial charge in [-0.2, -0.15) is 13.2 Å². The summed E-state index contributed by atoms with van der Waals surface area (Å²) in [5.41, 5.74) is -0.277. The summed E-state index contributed by atoms with van der Waals surface area (Å²) in [5.74, 6) is -1.25. The maximum absolute atomic E-state index is 13.7. The molecule has 2 aromatic carbocycles. The summed E-state index contributed by atoms with van der Waals surface area (Å²) < 4.78 is 52.3. The van der Waals surface area contributed by atoms with Crippen molar-refractivity contribution in [3.8, 4) is 0 Å². The summed E-state index contributed by atoms with van der Waals surface area (Å²) in [5, 5.41) is 2.09. The molecule has 0 bridgehead atoms. The lowest BCUT2D eigenvalue weighted by Gasteiger charge is -2.29. The third kappa shape index (κ3) is 4.77. The van der Waals surface area contributed by atoms with Gasteiger partial charge in [-0.3, -0.25) is 9.59 Å². The minimum atomic E-state index is -4.47.